The van der Waals surface area contributed by atoms with Gasteiger partial charge in [0.15, 0.2) is 18.4 Å². The predicted molar refractivity (Wildman–Crippen MR) is 199 cm³/mol. The molecule has 5 N–H and O–H groups in total. The summed E-state index contributed by atoms with van der Waals surface area (Å²) in [6.45, 7) is -1.06. The molecular formula is C40H39N7O8. The van der Waals surface area contributed by atoms with Crippen LogP contribution in [0.25, 0.3) is 11.1 Å². The number of carbonyl (C=O) groups is 5. The summed E-state index contributed by atoms with van der Waals surface area (Å²) in [4.78, 5) is 70.8. The van der Waals surface area contributed by atoms with Crippen molar-refractivity contribution in [3.63, 3.8) is 0 Å². The van der Waals surface area contributed by atoms with Gasteiger partial charge < -0.3 is 35.0 Å². The highest BCUT2D eigenvalue weighted by Crippen LogP contribution is 2.44. The van der Waals surface area contributed by atoms with E-state index in [4.69, 9.17) is 9.47 Å². The molecule has 0 radical (unpaired) electrons. The molecule has 0 spiro atoms. The summed E-state index contributed by atoms with van der Waals surface area (Å²) in [6, 6.07) is 33.4. The Bertz CT molecular complexity index is 2000. The Morgan fingerprint density at radius 3 is 2.05 bits per heavy atom. The van der Waals surface area contributed by atoms with E-state index in [1.165, 1.54) is 11.2 Å². The molecule has 3 aliphatic rings. The van der Waals surface area contributed by atoms with Crippen LogP contribution < -0.4 is 21.3 Å². The first kappa shape index (κ1) is 36.6. The molecule has 1 fully saturated rings. The van der Waals surface area contributed by atoms with Gasteiger partial charge in [0.05, 0.1) is 12.9 Å². The first-order valence-corrected chi connectivity index (χ1v) is 17.8. The van der Waals surface area contributed by atoms with Gasteiger partial charge in [-0.15, -0.1) is 0 Å². The lowest BCUT2D eigenvalue weighted by atomic mass is 9.98. The summed E-state index contributed by atoms with van der Waals surface area (Å²) in [5.41, 5.74) is 5.82. The van der Waals surface area contributed by atoms with Crippen LogP contribution in [0.1, 0.15) is 34.3 Å². The molecule has 4 aromatic rings. The number of aliphatic carboxylic acids is 1. The van der Waals surface area contributed by atoms with Crippen LogP contribution in [0.2, 0.25) is 0 Å². The fourth-order valence-electron chi connectivity index (χ4n) is 7.04. The zero-order valence-electron chi connectivity index (χ0n) is 29.5. The van der Waals surface area contributed by atoms with Crippen LogP contribution in [0.3, 0.4) is 0 Å². The minimum Gasteiger partial charge on any atom is -0.480 e. The molecule has 3 atom stereocenters. The average molecular weight is 746 g/mol. The topological polar surface area (TPSA) is 191 Å². The number of ether oxygens (including phenoxy) is 2. The van der Waals surface area contributed by atoms with Gasteiger partial charge in [0, 0.05) is 19.0 Å². The van der Waals surface area contributed by atoms with E-state index < -0.39 is 61.1 Å². The van der Waals surface area contributed by atoms with E-state index in [9.17, 15) is 29.1 Å². The number of fused-ring (bicyclic) bond motifs is 4. The molecule has 4 aromatic carbocycles. The third-order valence-corrected chi connectivity index (χ3v) is 9.61. The van der Waals surface area contributed by atoms with Gasteiger partial charge in [-0.05, 0) is 33.4 Å². The quantitative estimate of drug-likeness (QED) is 0.136. The highest BCUT2D eigenvalue weighted by Gasteiger charge is 2.43. The smallest absolute Gasteiger partial charge is 0.410 e. The normalized spacial score (nSPS) is 18.1. The van der Waals surface area contributed by atoms with Crippen molar-refractivity contribution in [3.05, 3.63) is 131 Å². The zero-order chi connectivity index (χ0) is 38.3. The number of aliphatic imine (C=N–C) groups is 1. The molecule has 7 rings (SSSR count). The van der Waals surface area contributed by atoms with Gasteiger partial charge >= 0.3 is 18.2 Å². The molecule has 0 bridgehead atoms. The number of carbonyl (C=O) groups excluding carboxylic acids is 4. The van der Waals surface area contributed by atoms with Gasteiger partial charge in [-0.1, -0.05) is 109 Å². The summed E-state index contributed by atoms with van der Waals surface area (Å²) in [6.07, 6.45) is -2.83. The van der Waals surface area contributed by atoms with E-state index in [0.717, 1.165) is 38.3 Å². The fraction of sp³-hybridized carbons (Fsp3) is 0.250. The van der Waals surface area contributed by atoms with Crippen molar-refractivity contribution in [1.29, 1.82) is 0 Å². The number of hydrogen-bond acceptors (Lipinski definition) is 10. The lowest BCUT2D eigenvalue weighted by Gasteiger charge is -2.37. The first-order chi connectivity index (χ1) is 26.7. The van der Waals surface area contributed by atoms with E-state index in [-0.39, 0.29) is 32.2 Å². The SMILES string of the molecule is O=C(O)CN(CCNC(=O)OCC1c2ccccc2-c2ccccc21)C(=O)CN1C=NC2C(=O)NC(NC(=O)OC(c3ccccc3)c3ccccc3)NC21. The van der Waals surface area contributed by atoms with Gasteiger partial charge in [0.2, 0.25) is 5.91 Å². The van der Waals surface area contributed by atoms with E-state index in [1.54, 1.807) is 0 Å². The monoisotopic (exact) mass is 745 g/mol. The lowest BCUT2D eigenvalue weighted by molar-refractivity contribution is -0.144. The number of carboxylic acid groups (broad SMARTS) is 1. The lowest BCUT2D eigenvalue weighted by Crippen LogP contribution is -2.71. The molecule has 0 saturated carbocycles. The maximum atomic E-state index is 13.4. The average Bonchev–Trinajstić information content (AvgIpc) is 3.75. The fourth-order valence-corrected chi connectivity index (χ4v) is 7.04. The summed E-state index contributed by atoms with van der Waals surface area (Å²) in [7, 11) is 0. The Balaban J connectivity index is 0.918. The molecule has 1 saturated heterocycles. The van der Waals surface area contributed by atoms with Crippen molar-refractivity contribution in [1.82, 2.24) is 31.1 Å². The Kier molecular flexibility index (Phi) is 11.0. The third kappa shape index (κ3) is 8.41. The van der Waals surface area contributed by atoms with Gasteiger partial charge in [0.1, 0.15) is 19.3 Å². The highest BCUT2D eigenvalue weighted by molar-refractivity contribution is 5.89. The summed E-state index contributed by atoms with van der Waals surface area (Å²) < 4.78 is 11.4. The van der Waals surface area contributed by atoms with Gasteiger partial charge in [0.25, 0.3) is 5.91 Å². The first-order valence-electron chi connectivity index (χ1n) is 17.8. The maximum Gasteiger partial charge on any atom is 0.410 e. The molecule has 282 valence electrons. The molecular weight excluding hydrogens is 706 g/mol. The van der Waals surface area contributed by atoms with Crippen molar-refractivity contribution < 1.29 is 38.6 Å². The summed E-state index contributed by atoms with van der Waals surface area (Å²) in [5, 5.41) is 20.5. The molecule has 55 heavy (non-hydrogen) atoms. The van der Waals surface area contributed by atoms with Gasteiger partial charge in [-0.2, -0.15) is 0 Å². The Morgan fingerprint density at radius 2 is 1.44 bits per heavy atom. The summed E-state index contributed by atoms with van der Waals surface area (Å²) in [5.74, 6) is -2.47. The van der Waals surface area contributed by atoms with E-state index in [0.29, 0.717) is 0 Å². The van der Waals surface area contributed by atoms with Gasteiger partial charge in [-0.25, -0.2) is 9.59 Å². The zero-order valence-corrected chi connectivity index (χ0v) is 29.5. The Labute approximate surface area is 316 Å². The number of alkyl carbamates (subject to hydrolysis) is 2. The molecule has 1 aliphatic carbocycles. The number of nitrogens with one attached hydrogen (secondary N) is 4. The molecule has 3 unspecified atom stereocenters. The second kappa shape index (κ2) is 16.5. The summed E-state index contributed by atoms with van der Waals surface area (Å²) >= 11 is 0. The van der Waals surface area contributed by atoms with Crippen molar-refractivity contribution in [2.75, 3.05) is 32.8 Å². The number of benzene rings is 4. The molecule has 2 aliphatic heterocycles. The Morgan fingerprint density at radius 1 is 0.836 bits per heavy atom. The third-order valence-electron chi connectivity index (χ3n) is 9.61. The van der Waals surface area contributed by atoms with Crippen molar-refractivity contribution in [3.8, 4) is 11.1 Å². The van der Waals surface area contributed by atoms with E-state index >= 15 is 0 Å². The standard InChI is InChI=1S/C40H39N7O8/c48-32(46(22-33(49)50)20-19-41-39(52)54-23-31-29-17-9-7-15-27(29)28-16-8-10-18-30(28)31)21-47-24-42-34-36(47)43-38(44-37(34)51)45-40(53)55-35(25-11-3-1-4-12-25)26-13-5-2-6-14-26/h1-18,24,31,34-36,38,43H,19-23H2,(H,41,52)(H,44,51)(H,45,53)(H,49,50). The van der Waals surface area contributed by atoms with Crippen molar-refractivity contribution in [2.45, 2.75) is 30.5 Å². The van der Waals surface area contributed by atoms with Gasteiger partial charge in [-0.3, -0.25) is 30.0 Å². The molecule has 0 aromatic heterocycles. The van der Waals surface area contributed by atoms with Crippen molar-refractivity contribution in [2.24, 2.45) is 4.99 Å². The number of amides is 4. The maximum absolute atomic E-state index is 13.4. The van der Waals surface area contributed by atoms with Crippen molar-refractivity contribution >= 4 is 36.3 Å². The van der Waals surface area contributed by atoms with Crippen LogP contribution in [0.5, 0.6) is 0 Å². The van der Waals surface area contributed by atoms with Crippen LogP contribution >= 0.6 is 0 Å². The van der Waals surface area contributed by atoms with Crippen LogP contribution in [0.4, 0.5) is 9.59 Å². The van der Waals surface area contributed by atoms with Crippen LogP contribution in [0.15, 0.2) is 114 Å². The molecule has 2 heterocycles. The Hall–Kier alpha value is -6.74. The second-order valence-corrected chi connectivity index (χ2v) is 13.1. The van der Waals surface area contributed by atoms with E-state index in [2.05, 4.69) is 26.3 Å². The molecule has 15 heteroatoms. The number of nitrogens with zero attached hydrogens (tertiary/aromatic N) is 3. The van der Waals surface area contributed by atoms with E-state index in [1.807, 2.05) is 109 Å². The predicted octanol–water partition coefficient (Wildman–Crippen LogP) is 3.00. The van der Waals surface area contributed by atoms with Crippen LogP contribution in [-0.4, -0.2) is 102 Å². The van der Waals surface area contributed by atoms with Crippen LogP contribution in [0, 0.1) is 0 Å². The largest absolute Gasteiger partial charge is 0.480 e. The number of hydrogen-bond donors (Lipinski definition) is 5. The molecule has 15 nitrogen and oxygen atoms in total. The second-order valence-electron chi connectivity index (χ2n) is 13.1. The molecule has 4 amide bonds. The highest BCUT2D eigenvalue weighted by atomic mass is 16.6. The minimum atomic E-state index is -1.25. The number of carboxylic acids is 1. The van der Waals surface area contributed by atoms with Crippen LogP contribution in [-0.2, 0) is 23.9 Å². The number of rotatable bonds is 13. The minimum absolute atomic E-state index is 0.0719.